The summed E-state index contributed by atoms with van der Waals surface area (Å²) >= 11 is 0. The second-order valence-corrected chi connectivity index (χ2v) is 2.43. The Morgan fingerprint density at radius 2 is 2.50 bits per heavy atom. The largest absolute Gasteiger partial charge is 0.464 e. The highest BCUT2D eigenvalue weighted by atomic mass is 16.8. The van der Waals surface area contributed by atoms with Gasteiger partial charge in [-0.15, -0.1) is 0 Å². The van der Waals surface area contributed by atoms with Crippen LogP contribution in [0.3, 0.4) is 0 Å². The fraction of sp³-hybridized carbons (Fsp3) is 0.667. The van der Waals surface area contributed by atoms with Gasteiger partial charge in [-0.05, 0) is 13.0 Å². The summed E-state index contributed by atoms with van der Waals surface area (Å²) in [6, 6.07) is 0. The van der Waals surface area contributed by atoms with Gasteiger partial charge in [0.15, 0.2) is 0 Å². The Labute approximate surface area is 48.1 Å². The smallest absolute Gasteiger partial charge is 0.238 e. The summed E-state index contributed by atoms with van der Waals surface area (Å²) in [5.74, 6) is 0.730. The van der Waals surface area contributed by atoms with Crippen molar-refractivity contribution in [3.05, 3.63) is 11.8 Å². The molecule has 0 radical (unpaired) electrons. The summed E-state index contributed by atoms with van der Waals surface area (Å²) < 4.78 is 10.4. The van der Waals surface area contributed by atoms with Crippen LogP contribution in [0.4, 0.5) is 0 Å². The predicted molar refractivity (Wildman–Crippen MR) is 28.1 cm³/mol. The first-order chi connectivity index (χ1) is 3.71. The van der Waals surface area contributed by atoms with Gasteiger partial charge in [-0.2, -0.15) is 0 Å². The van der Waals surface area contributed by atoms with E-state index in [1.807, 2.05) is 19.9 Å². The molecule has 2 unspecified atom stereocenters. The maximum Gasteiger partial charge on any atom is 0.238 e. The molecule has 2 aliphatic heterocycles. The predicted octanol–water partition coefficient (Wildman–Crippen LogP) is 1.04. The van der Waals surface area contributed by atoms with Crippen molar-refractivity contribution >= 4 is 0 Å². The fourth-order valence-electron chi connectivity index (χ4n) is 1.05. The quantitative estimate of drug-likeness (QED) is 0.436. The van der Waals surface area contributed by atoms with Crippen molar-refractivity contribution in [1.82, 2.24) is 0 Å². The van der Waals surface area contributed by atoms with Crippen molar-refractivity contribution in [2.45, 2.75) is 25.7 Å². The molecule has 0 aromatic carbocycles. The van der Waals surface area contributed by atoms with Crippen LogP contribution in [0.2, 0.25) is 0 Å². The minimum absolute atomic E-state index is 0.252. The van der Waals surface area contributed by atoms with Gasteiger partial charge >= 0.3 is 0 Å². The summed E-state index contributed by atoms with van der Waals surface area (Å²) in [6.07, 6.45) is 2.25. The molecule has 0 spiro atoms. The summed E-state index contributed by atoms with van der Waals surface area (Å²) in [7, 11) is 0. The minimum Gasteiger partial charge on any atom is -0.464 e. The van der Waals surface area contributed by atoms with Gasteiger partial charge in [0.1, 0.15) is 6.10 Å². The van der Waals surface area contributed by atoms with Crippen LogP contribution in [0.25, 0.3) is 0 Å². The fourth-order valence-corrected chi connectivity index (χ4v) is 1.05. The van der Waals surface area contributed by atoms with Crippen molar-refractivity contribution in [2.75, 3.05) is 0 Å². The van der Waals surface area contributed by atoms with Crippen LogP contribution in [-0.4, -0.2) is 11.9 Å². The van der Waals surface area contributed by atoms with E-state index in [1.54, 1.807) is 0 Å². The van der Waals surface area contributed by atoms with E-state index in [0.717, 1.165) is 5.76 Å². The lowest BCUT2D eigenvalue weighted by atomic mass is 10.3. The topological polar surface area (TPSA) is 21.8 Å². The first-order valence-electron chi connectivity index (χ1n) is 2.76. The molecule has 0 bridgehead atoms. The third-order valence-electron chi connectivity index (χ3n) is 1.57. The first kappa shape index (κ1) is 4.39. The highest BCUT2D eigenvalue weighted by molar-refractivity contribution is 5.16. The van der Waals surface area contributed by atoms with E-state index in [2.05, 4.69) is 0 Å². The monoisotopic (exact) mass is 112 g/mol. The van der Waals surface area contributed by atoms with Crippen molar-refractivity contribution < 1.29 is 9.47 Å². The van der Waals surface area contributed by atoms with Gasteiger partial charge < -0.3 is 9.47 Å². The number of epoxide rings is 1. The van der Waals surface area contributed by atoms with Gasteiger partial charge in [0.2, 0.25) is 5.79 Å². The summed E-state index contributed by atoms with van der Waals surface area (Å²) in [5, 5.41) is 0. The van der Waals surface area contributed by atoms with E-state index >= 15 is 0 Å². The molecular weight excluding hydrogens is 104 g/mol. The Hall–Kier alpha value is -0.500. The van der Waals surface area contributed by atoms with Crippen LogP contribution < -0.4 is 0 Å². The third-order valence-corrected chi connectivity index (χ3v) is 1.57. The van der Waals surface area contributed by atoms with E-state index in [4.69, 9.17) is 9.47 Å². The minimum atomic E-state index is -0.260. The molecule has 0 amide bonds. The number of fused-ring (bicyclic) bond motifs is 1. The zero-order valence-electron chi connectivity index (χ0n) is 4.97. The zero-order chi connectivity index (χ0) is 5.78. The van der Waals surface area contributed by atoms with Gasteiger partial charge in [-0.25, -0.2) is 0 Å². The molecule has 0 aromatic rings. The first-order valence-corrected chi connectivity index (χ1v) is 2.76. The van der Waals surface area contributed by atoms with E-state index < -0.39 is 0 Å². The maximum atomic E-state index is 5.26. The zero-order valence-corrected chi connectivity index (χ0v) is 4.97. The Bertz CT molecular complexity index is 162. The molecule has 2 heteroatoms. The standard InChI is InChI=1S/C6H8O2/c1-4-3-5-6(2,7-4)8-5/h3,5H,1-2H3. The Morgan fingerprint density at radius 3 is 2.75 bits per heavy atom. The summed E-state index contributed by atoms with van der Waals surface area (Å²) in [6.45, 7) is 3.89. The normalized spacial score (nSPS) is 49.8. The Balaban J connectivity index is 2.24. The lowest BCUT2D eigenvalue weighted by molar-refractivity contribution is 0.0190. The van der Waals surface area contributed by atoms with Crippen molar-refractivity contribution in [1.29, 1.82) is 0 Å². The number of hydrogen-bond acceptors (Lipinski definition) is 2. The van der Waals surface area contributed by atoms with Gasteiger partial charge in [-0.1, -0.05) is 0 Å². The summed E-state index contributed by atoms with van der Waals surface area (Å²) in [5.41, 5.74) is 0. The highest BCUT2D eigenvalue weighted by Gasteiger charge is 2.57. The molecule has 44 valence electrons. The van der Waals surface area contributed by atoms with Gasteiger partial charge in [-0.3, -0.25) is 0 Å². The number of hydrogen-bond donors (Lipinski definition) is 0. The Morgan fingerprint density at radius 1 is 1.75 bits per heavy atom. The molecule has 1 saturated heterocycles. The second kappa shape index (κ2) is 0.935. The maximum absolute atomic E-state index is 5.26. The molecule has 0 aromatic heterocycles. The van der Waals surface area contributed by atoms with Crippen molar-refractivity contribution in [3.63, 3.8) is 0 Å². The van der Waals surface area contributed by atoms with Crippen molar-refractivity contribution in [2.24, 2.45) is 0 Å². The lowest BCUT2D eigenvalue weighted by Crippen LogP contribution is -2.06. The molecule has 1 fully saturated rings. The molecule has 0 aliphatic carbocycles. The van der Waals surface area contributed by atoms with Crippen LogP contribution in [0.15, 0.2) is 11.8 Å². The molecule has 2 heterocycles. The number of ether oxygens (including phenoxy) is 2. The van der Waals surface area contributed by atoms with Crippen LogP contribution in [0.1, 0.15) is 13.8 Å². The van der Waals surface area contributed by atoms with E-state index in [9.17, 15) is 0 Å². The second-order valence-electron chi connectivity index (χ2n) is 2.43. The average Bonchev–Trinajstić information content (AvgIpc) is 2.07. The molecule has 0 saturated carbocycles. The molecule has 2 nitrogen and oxygen atoms in total. The Kier molecular flexibility index (Phi) is 0.513. The van der Waals surface area contributed by atoms with Gasteiger partial charge in [0.25, 0.3) is 0 Å². The summed E-state index contributed by atoms with van der Waals surface area (Å²) in [4.78, 5) is 0. The van der Waals surface area contributed by atoms with Gasteiger partial charge in [0.05, 0.1) is 5.76 Å². The molecule has 8 heavy (non-hydrogen) atoms. The number of allylic oxidation sites excluding steroid dienone is 1. The third kappa shape index (κ3) is 0.364. The van der Waals surface area contributed by atoms with Crippen LogP contribution in [-0.2, 0) is 9.47 Å². The molecule has 2 rings (SSSR count). The molecule has 2 aliphatic rings. The average molecular weight is 112 g/mol. The van der Waals surface area contributed by atoms with Crippen LogP contribution in [0.5, 0.6) is 0 Å². The number of rotatable bonds is 0. The van der Waals surface area contributed by atoms with Crippen LogP contribution in [0, 0.1) is 0 Å². The molecule has 0 N–H and O–H groups in total. The van der Waals surface area contributed by atoms with E-state index in [1.165, 1.54) is 0 Å². The van der Waals surface area contributed by atoms with E-state index in [-0.39, 0.29) is 11.9 Å². The molecule has 2 atom stereocenters. The van der Waals surface area contributed by atoms with E-state index in [0.29, 0.717) is 0 Å². The molecular formula is C6H8O2. The lowest BCUT2D eigenvalue weighted by Gasteiger charge is -2.03. The SMILES string of the molecule is CC1=CC2OC2(C)O1. The highest BCUT2D eigenvalue weighted by Crippen LogP contribution is 2.45. The van der Waals surface area contributed by atoms with Crippen LogP contribution >= 0.6 is 0 Å². The van der Waals surface area contributed by atoms with Gasteiger partial charge in [0, 0.05) is 6.92 Å². The van der Waals surface area contributed by atoms with Crippen molar-refractivity contribution in [3.8, 4) is 0 Å².